The molecule has 1 heterocycles. The number of nitrogens with one attached hydrogen (secondary N) is 1. The summed E-state index contributed by atoms with van der Waals surface area (Å²) in [5, 5.41) is 15.0. The quantitative estimate of drug-likeness (QED) is 0.405. The Bertz CT molecular complexity index is 875. The second kappa shape index (κ2) is 8.00. The molecule has 0 saturated heterocycles. The van der Waals surface area contributed by atoms with Crippen LogP contribution >= 0.6 is 0 Å². The minimum absolute atomic E-state index is 0.0674. The van der Waals surface area contributed by atoms with Gasteiger partial charge in [0.15, 0.2) is 0 Å². The lowest BCUT2D eigenvalue weighted by atomic mass is 9.79. The predicted molar refractivity (Wildman–Crippen MR) is 116 cm³/mol. The third-order valence-electron chi connectivity index (χ3n) is 5.34. The van der Waals surface area contributed by atoms with Crippen LogP contribution < -0.4 is 10.3 Å². The maximum absolute atomic E-state index is 10.7. The van der Waals surface area contributed by atoms with Crippen molar-refractivity contribution < 1.29 is 4.92 Å². The number of benzene rings is 2. The molecular formula is C22H28N4O2. The SMILES string of the molecule is CCCN1c2ccc(/C=N\Nc3ccc([N+](=O)[O-])cc3)cc2C(C)CC1(C)C. The van der Waals surface area contributed by atoms with Gasteiger partial charge in [-0.2, -0.15) is 5.10 Å². The van der Waals surface area contributed by atoms with E-state index < -0.39 is 4.92 Å². The van der Waals surface area contributed by atoms with Crippen molar-refractivity contribution in [1.29, 1.82) is 0 Å². The van der Waals surface area contributed by atoms with Gasteiger partial charge in [-0.1, -0.05) is 19.9 Å². The fourth-order valence-corrected chi connectivity index (χ4v) is 4.08. The summed E-state index contributed by atoms with van der Waals surface area (Å²) in [6.07, 6.45) is 4.04. The number of fused-ring (bicyclic) bond motifs is 1. The average molecular weight is 380 g/mol. The summed E-state index contributed by atoms with van der Waals surface area (Å²) in [6, 6.07) is 12.7. The van der Waals surface area contributed by atoms with E-state index >= 15 is 0 Å². The Kier molecular flexibility index (Phi) is 5.68. The molecule has 0 saturated carbocycles. The number of hydrogen-bond acceptors (Lipinski definition) is 5. The van der Waals surface area contributed by atoms with Crippen molar-refractivity contribution in [1.82, 2.24) is 0 Å². The largest absolute Gasteiger partial charge is 0.366 e. The van der Waals surface area contributed by atoms with Crippen molar-refractivity contribution in [3.63, 3.8) is 0 Å². The van der Waals surface area contributed by atoms with Gasteiger partial charge >= 0.3 is 0 Å². The molecule has 0 aromatic heterocycles. The van der Waals surface area contributed by atoms with Crippen LogP contribution in [-0.2, 0) is 0 Å². The average Bonchev–Trinajstić information content (AvgIpc) is 2.65. The van der Waals surface area contributed by atoms with Crippen LogP contribution in [0.25, 0.3) is 0 Å². The Morgan fingerprint density at radius 2 is 2.00 bits per heavy atom. The second-order valence-electron chi connectivity index (χ2n) is 8.06. The summed E-state index contributed by atoms with van der Waals surface area (Å²) in [5.74, 6) is 0.495. The van der Waals surface area contributed by atoms with Crippen LogP contribution in [0.4, 0.5) is 17.1 Å². The van der Waals surface area contributed by atoms with E-state index in [1.807, 2.05) is 0 Å². The zero-order chi connectivity index (χ0) is 20.3. The lowest BCUT2D eigenvalue weighted by Crippen LogP contribution is -2.48. The van der Waals surface area contributed by atoms with Gasteiger partial charge in [-0.15, -0.1) is 0 Å². The van der Waals surface area contributed by atoms with E-state index in [0.717, 1.165) is 24.9 Å². The summed E-state index contributed by atoms with van der Waals surface area (Å²) in [7, 11) is 0. The van der Waals surface area contributed by atoms with Crippen LogP contribution in [0.15, 0.2) is 47.6 Å². The molecule has 0 spiro atoms. The highest BCUT2D eigenvalue weighted by atomic mass is 16.6. The zero-order valence-electron chi connectivity index (χ0n) is 17.0. The molecule has 1 aliphatic heterocycles. The third-order valence-corrected chi connectivity index (χ3v) is 5.34. The molecule has 3 rings (SSSR count). The maximum Gasteiger partial charge on any atom is 0.269 e. The molecule has 0 amide bonds. The smallest absolute Gasteiger partial charge is 0.269 e. The predicted octanol–water partition coefficient (Wildman–Crippen LogP) is 5.54. The van der Waals surface area contributed by atoms with Gasteiger partial charge in [-0.25, -0.2) is 0 Å². The number of nitro groups is 1. The van der Waals surface area contributed by atoms with Crippen molar-refractivity contribution >= 4 is 23.3 Å². The highest BCUT2D eigenvalue weighted by Gasteiger charge is 2.35. The van der Waals surface area contributed by atoms with Gasteiger partial charge < -0.3 is 4.90 Å². The first kappa shape index (κ1) is 19.9. The molecular weight excluding hydrogens is 352 g/mol. The van der Waals surface area contributed by atoms with Gasteiger partial charge in [-0.05, 0) is 68.0 Å². The fraction of sp³-hybridized carbons (Fsp3) is 0.409. The van der Waals surface area contributed by atoms with Crippen molar-refractivity contribution in [2.24, 2.45) is 5.10 Å². The molecule has 6 nitrogen and oxygen atoms in total. The lowest BCUT2D eigenvalue weighted by molar-refractivity contribution is -0.384. The van der Waals surface area contributed by atoms with Crippen molar-refractivity contribution in [2.45, 2.75) is 52.0 Å². The summed E-state index contributed by atoms with van der Waals surface area (Å²) >= 11 is 0. The summed E-state index contributed by atoms with van der Waals surface area (Å²) in [4.78, 5) is 12.8. The molecule has 2 aromatic carbocycles. The standard InChI is InChI=1S/C22H28N4O2/c1-5-12-25-21-11-6-17(13-20(21)16(2)14-22(25,3)4)15-23-24-18-7-9-19(10-8-18)26(27)28/h6-11,13,15-16,24H,5,12,14H2,1-4H3/b23-15-. The van der Waals surface area contributed by atoms with Crippen molar-refractivity contribution in [3.05, 3.63) is 63.7 Å². The van der Waals surface area contributed by atoms with Gasteiger partial charge in [0.2, 0.25) is 0 Å². The first-order chi connectivity index (χ1) is 13.3. The van der Waals surface area contributed by atoms with E-state index in [4.69, 9.17) is 0 Å². The van der Waals surface area contributed by atoms with Crippen LogP contribution in [-0.4, -0.2) is 23.2 Å². The first-order valence-electron chi connectivity index (χ1n) is 9.77. The number of nitro benzene ring substituents is 1. The highest BCUT2D eigenvalue weighted by molar-refractivity contribution is 5.82. The second-order valence-corrected chi connectivity index (χ2v) is 8.06. The Balaban J connectivity index is 1.76. The van der Waals surface area contributed by atoms with Gasteiger partial charge in [0.25, 0.3) is 5.69 Å². The summed E-state index contributed by atoms with van der Waals surface area (Å²) in [6.45, 7) is 10.2. The van der Waals surface area contributed by atoms with Crippen LogP contribution in [0.1, 0.15) is 57.6 Å². The molecule has 6 heteroatoms. The highest BCUT2D eigenvalue weighted by Crippen LogP contribution is 2.43. The molecule has 0 radical (unpaired) electrons. The van der Waals surface area contributed by atoms with E-state index in [-0.39, 0.29) is 11.2 Å². The van der Waals surface area contributed by atoms with Crippen molar-refractivity contribution in [3.8, 4) is 0 Å². The van der Waals surface area contributed by atoms with E-state index in [2.05, 4.69) is 61.3 Å². The zero-order valence-corrected chi connectivity index (χ0v) is 17.0. The maximum atomic E-state index is 10.7. The number of anilines is 2. The molecule has 1 atom stereocenters. The molecule has 148 valence electrons. The molecule has 0 aliphatic carbocycles. The first-order valence-corrected chi connectivity index (χ1v) is 9.77. The molecule has 1 aliphatic rings. The number of nitrogens with zero attached hydrogens (tertiary/aromatic N) is 3. The number of hydrogen-bond donors (Lipinski definition) is 1. The fourth-order valence-electron chi connectivity index (χ4n) is 4.08. The number of rotatable bonds is 6. The monoisotopic (exact) mass is 380 g/mol. The van der Waals surface area contributed by atoms with Crippen molar-refractivity contribution in [2.75, 3.05) is 16.9 Å². The van der Waals surface area contributed by atoms with Gasteiger partial charge in [0.05, 0.1) is 16.8 Å². The molecule has 2 aromatic rings. The van der Waals surface area contributed by atoms with E-state index in [1.54, 1.807) is 18.3 Å². The number of non-ortho nitro benzene ring substituents is 1. The Labute approximate surface area is 166 Å². The van der Waals surface area contributed by atoms with Crippen LogP contribution in [0, 0.1) is 10.1 Å². The summed E-state index contributed by atoms with van der Waals surface area (Å²) in [5.41, 5.74) is 7.60. The normalized spacial score (nSPS) is 18.1. The minimum atomic E-state index is -0.412. The molecule has 0 bridgehead atoms. The van der Waals surface area contributed by atoms with Gasteiger partial charge in [0.1, 0.15) is 0 Å². The van der Waals surface area contributed by atoms with E-state index in [1.165, 1.54) is 23.4 Å². The third kappa shape index (κ3) is 4.16. The summed E-state index contributed by atoms with van der Waals surface area (Å²) < 4.78 is 0. The lowest BCUT2D eigenvalue weighted by Gasteiger charge is -2.47. The molecule has 0 fully saturated rings. The Morgan fingerprint density at radius 3 is 2.64 bits per heavy atom. The minimum Gasteiger partial charge on any atom is -0.366 e. The van der Waals surface area contributed by atoms with Crippen LogP contribution in [0.3, 0.4) is 0 Å². The van der Waals surface area contributed by atoms with Gasteiger partial charge in [0, 0.05) is 29.9 Å². The van der Waals surface area contributed by atoms with Crippen LogP contribution in [0.2, 0.25) is 0 Å². The van der Waals surface area contributed by atoms with Gasteiger partial charge in [-0.3, -0.25) is 15.5 Å². The van der Waals surface area contributed by atoms with E-state index in [0.29, 0.717) is 11.6 Å². The van der Waals surface area contributed by atoms with Crippen LogP contribution in [0.5, 0.6) is 0 Å². The number of hydrazone groups is 1. The molecule has 28 heavy (non-hydrogen) atoms. The molecule has 1 N–H and O–H groups in total. The van der Waals surface area contributed by atoms with E-state index in [9.17, 15) is 10.1 Å². The Morgan fingerprint density at radius 1 is 1.29 bits per heavy atom. The topological polar surface area (TPSA) is 70.8 Å². The molecule has 1 unspecified atom stereocenters. The Hall–Kier alpha value is -2.89.